The second kappa shape index (κ2) is 3.62. The molecular weight excluding hydrogens is 186 g/mol. The minimum Gasteiger partial charge on any atom is -0.402 e. The summed E-state index contributed by atoms with van der Waals surface area (Å²) in [5, 5.41) is 0. The van der Waals surface area contributed by atoms with Crippen molar-refractivity contribution in [1.29, 1.82) is 0 Å². The summed E-state index contributed by atoms with van der Waals surface area (Å²) < 4.78 is 23.0. The summed E-state index contributed by atoms with van der Waals surface area (Å²) in [5.74, 6) is -0.197. The first-order chi connectivity index (χ1) is 6.02. The summed E-state index contributed by atoms with van der Waals surface area (Å²) in [7, 11) is -3.28. The van der Waals surface area contributed by atoms with E-state index in [9.17, 15) is 8.42 Å². The Bertz CT molecular complexity index is 395. The lowest BCUT2D eigenvalue weighted by Gasteiger charge is -2.02. The number of hydrogen-bond acceptors (Lipinski definition) is 3. The highest BCUT2D eigenvalue weighted by molar-refractivity contribution is 7.91. The van der Waals surface area contributed by atoms with Crippen LogP contribution in [0, 0.1) is 0 Å². The van der Waals surface area contributed by atoms with Gasteiger partial charge in [0.25, 0.3) is 0 Å². The van der Waals surface area contributed by atoms with E-state index in [4.69, 9.17) is 5.73 Å². The van der Waals surface area contributed by atoms with E-state index in [1.807, 2.05) is 0 Å². The molecule has 0 saturated carbocycles. The number of benzene rings is 1. The Morgan fingerprint density at radius 2 is 1.85 bits per heavy atom. The van der Waals surface area contributed by atoms with Crippen LogP contribution >= 0.6 is 0 Å². The molecular formula is C9H11NO2S. The van der Waals surface area contributed by atoms with Crippen molar-refractivity contribution in [1.82, 2.24) is 0 Å². The largest absolute Gasteiger partial charge is 0.402 e. The highest BCUT2D eigenvalue weighted by atomic mass is 32.2. The zero-order chi connectivity index (χ0) is 9.90. The van der Waals surface area contributed by atoms with Crippen molar-refractivity contribution in [3.8, 4) is 0 Å². The first kappa shape index (κ1) is 9.80. The first-order valence-corrected chi connectivity index (χ1v) is 5.38. The van der Waals surface area contributed by atoms with E-state index in [0.29, 0.717) is 0 Å². The second-order valence-electron chi connectivity index (χ2n) is 2.73. The molecule has 0 aliphatic carbocycles. The lowest BCUT2D eigenvalue weighted by Crippen LogP contribution is -2.12. The van der Waals surface area contributed by atoms with Crippen LogP contribution in [-0.4, -0.2) is 14.2 Å². The van der Waals surface area contributed by atoms with E-state index in [1.165, 1.54) is 12.1 Å². The van der Waals surface area contributed by atoms with Gasteiger partial charge >= 0.3 is 0 Å². The van der Waals surface area contributed by atoms with Gasteiger partial charge in [-0.3, -0.25) is 0 Å². The summed E-state index contributed by atoms with van der Waals surface area (Å²) in [5.41, 5.74) is 5.40. The van der Waals surface area contributed by atoms with Gasteiger partial charge in [-0.15, -0.1) is 0 Å². The molecule has 0 spiro atoms. The molecule has 0 saturated heterocycles. The van der Waals surface area contributed by atoms with Crippen LogP contribution in [0.3, 0.4) is 0 Å². The third kappa shape index (κ3) is 2.59. The van der Waals surface area contributed by atoms with Crippen LogP contribution in [-0.2, 0) is 9.84 Å². The maximum absolute atomic E-state index is 11.5. The third-order valence-corrected chi connectivity index (χ3v) is 3.22. The molecule has 0 unspecified atom stereocenters. The smallest absolute Gasteiger partial charge is 0.183 e. The Hall–Kier alpha value is -1.29. The maximum Gasteiger partial charge on any atom is 0.183 e. The standard InChI is InChI=1S/C9H11NO2S/c1-8(10)7-13(11,12)9-5-3-2-4-6-9/h2-6H,1,7,10H2. The molecule has 0 radical (unpaired) electrons. The molecule has 0 aliphatic rings. The SMILES string of the molecule is C=C(N)CS(=O)(=O)c1ccccc1. The number of rotatable bonds is 3. The summed E-state index contributed by atoms with van der Waals surface area (Å²) in [6, 6.07) is 8.19. The predicted octanol–water partition coefficient (Wildman–Crippen LogP) is 0.933. The molecule has 1 aromatic rings. The lowest BCUT2D eigenvalue weighted by molar-refractivity contribution is 0.598. The normalized spacial score (nSPS) is 11.1. The van der Waals surface area contributed by atoms with Gasteiger partial charge in [0.1, 0.15) is 0 Å². The van der Waals surface area contributed by atoms with Crippen LogP contribution < -0.4 is 5.73 Å². The fourth-order valence-corrected chi connectivity index (χ4v) is 2.18. The van der Waals surface area contributed by atoms with Crippen LogP contribution in [0.25, 0.3) is 0 Å². The maximum atomic E-state index is 11.5. The number of nitrogens with two attached hydrogens (primary N) is 1. The van der Waals surface area contributed by atoms with Crippen molar-refractivity contribution in [2.24, 2.45) is 5.73 Å². The van der Waals surface area contributed by atoms with E-state index in [-0.39, 0.29) is 16.3 Å². The van der Waals surface area contributed by atoms with Crippen molar-refractivity contribution < 1.29 is 8.42 Å². The molecule has 3 nitrogen and oxygen atoms in total. The van der Waals surface area contributed by atoms with Crippen LogP contribution in [0.1, 0.15) is 0 Å². The second-order valence-corrected chi connectivity index (χ2v) is 4.72. The van der Waals surface area contributed by atoms with Crippen molar-refractivity contribution in [3.05, 3.63) is 42.6 Å². The Balaban J connectivity index is 3.02. The van der Waals surface area contributed by atoms with Crippen LogP contribution in [0.15, 0.2) is 47.5 Å². The van der Waals surface area contributed by atoms with E-state index in [0.717, 1.165) is 0 Å². The van der Waals surface area contributed by atoms with Crippen molar-refractivity contribution in [3.63, 3.8) is 0 Å². The van der Waals surface area contributed by atoms with E-state index >= 15 is 0 Å². The minimum absolute atomic E-state index is 0.156. The first-order valence-electron chi connectivity index (χ1n) is 3.73. The quantitative estimate of drug-likeness (QED) is 0.784. The molecule has 0 amide bonds. The predicted molar refractivity (Wildman–Crippen MR) is 51.8 cm³/mol. The molecule has 4 heteroatoms. The third-order valence-electron chi connectivity index (χ3n) is 1.48. The Morgan fingerprint density at radius 3 is 2.31 bits per heavy atom. The van der Waals surface area contributed by atoms with Crippen LogP contribution in [0.2, 0.25) is 0 Å². The van der Waals surface area contributed by atoms with Crippen molar-refractivity contribution >= 4 is 9.84 Å². The summed E-state index contributed by atoms with van der Waals surface area (Å²) >= 11 is 0. The van der Waals surface area contributed by atoms with Gasteiger partial charge in [0.15, 0.2) is 9.84 Å². The Kier molecular flexibility index (Phi) is 2.72. The van der Waals surface area contributed by atoms with Crippen LogP contribution in [0.5, 0.6) is 0 Å². The van der Waals surface area contributed by atoms with Gasteiger partial charge in [0, 0.05) is 5.70 Å². The van der Waals surface area contributed by atoms with E-state index in [2.05, 4.69) is 6.58 Å². The number of sulfone groups is 1. The average molecular weight is 197 g/mol. The molecule has 0 aliphatic heterocycles. The molecule has 1 rings (SSSR count). The molecule has 2 N–H and O–H groups in total. The Morgan fingerprint density at radius 1 is 1.31 bits per heavy atom. The van der Waals surface area contributed by atoms with Crippen molar-refractivity contribution in [2.45, 2.75) is 4.90 Å². The van der Waals surface area contributed by atoms with Gasteiger partial charge < -0.3 is 5.73 Å². The summed E-state index contributed by atoms with van der Waals surface area (Å²) in [6.45, 7) is 3.36. The molecule has 0 heterocycles. The monoisotopic (exact) mass is 197 g/mol. The molecule has 0 fully saturated rings. The molecule has 0 bridgehead atoms. The lowest BCUT2D eigenvalue weighted by atomic mass is 10.4. The van der Waals surface area contributed by atoms with E-state index in [1.54, 1.807) is 18.2 Å². The van der Waals surface area contributed by atoms with Crippen molar-refractivity contribution in [2.75, 3.05) is 5.75 Å². The average Bonchev–Trinajstić information content (AvgIpc) is 2.04. The highest BCUT2D eigenvalue weighted by Crippen LogP contribution is 2.10. The molecule has 70 valence electrons. The summed E-state index contributed by atoms with van der Waals surface area (Å²) in [4.78, 5) is 0.279. The zero-order valence-corrected chi connectivity index (χ0v) is 7.92. The highest BCUT2D eigenvalue weighted by Gasteiger charge is 2.13. The zero-order valence-electron chi connectivity index (χ0n) is 7.10. The van der Waals surface area contributed by atoms with Gasteiger partial charge in [-0.2, -0.15) is 0 Å². The fraction of sp³-hybridized carbons (Fsp3) is 0.111. The molecule has 0 aromatic heterocycles. The van der Waals surface area contributed by atoms with Gasteiger partial charge in [-0.05, 0) is 12.1 Å². The number of hydrogen-bond donors (Lipinski definition) is 1. The Labute approximate surface area is 77.8 Å². The van der Waals surface area contributed by atoms with Crippen LogP contribution in [0.4, 0.5) is 0 Å². The molecule has 13 heavy (non-hydrogen) atoms. The van der Waals surface area contributed by atoms with Gasteiger partial charge in [-0.1, -0.05) is 24.8 Å². The van der Waals surface area contributed by atoms with Gasteiger partial charge in [-0.25, -0.2) is 8.42 Å². The fourth-order valence-electron chi connectivity index (χ4n) is 0.955. The molecule has 0 atom stereocenters. The van der Waals surface area contributed by atoms with Gasteiger partial charge in [0.05, 0.1) is 10.6 Å². The van der Waals surface area contributed by atoms with Gasteiger partial charge in [0.2, 0.25) is 0 Å². The molecule has 1 aromatic carbocycles. The summed E-state index contributed by atoms with van der Waals surface area (Å²) in [6.07, 6.45) is 0. The van der Waals surface area contributed by atoms with E-state index < -0.39 is 9.84 Å². The topological polar surface area (TPSA) is 60.2 Å². The minimum atomic E-state index is -3.28.